The highest BCUT2D eigenvalue weighted by Gasteiger charge is 2.35. The summed E-state index contributed by atoms with van der Waals surface area (Å²) in [4.78, 5) is 0. The Morgan fingerprint density at radius 2 is 2.23 bits per heavy atom. The molecule has 2 atom stereocenters. The Labute approximate surface area is 77.8 Å². The molecule has 1 saturated carbocycles. The van der Waals surface area contributed by atoms with E-state index in [-0.39, 0.29) is 5.82 Å². The van der Waals surface area contributed by atoms with Crippen molar-refractivity contribution in [2.75, 3.05) is 6.54 Å². The Kier molecular flexibility index (Phi) is 2.32. The molecular weight excluding hydrogens is 165 g/mol. The van der Waals surface area contributed by atoms with Crippen molar-refractivity contribution in [1.82, 2.24) is 0 Å². The molecule has 1 nitrogen and oxygen atoms in total. The van der Waals surface area contributed by atoms with Crippen LogP contribution in [0.15, 0.2) is 24.3 Å². The fourth-order valence-corrected chi connectivity index (χ4v) is 1.82. The van der Waals surface area contributed by atoms with E-state index >= 15 is 0 Å². The molecule has 0 aliphatic heterocycles. The fraction of sp³-hybridized carbons (Fsp3) is 0.455. The van der Waals surface area contributed by atoms with Gasteiger partial charge in [-0.05, 0) is 48.9 Å². The lowest BCUT2D eigenvalue weighted by atomic mass is 10.1. The molecule has 0 saturated heterocycles. The maximum Gasteiger partial charge on any atom is 0.123 e. The molecule has 1 aliphatic rings. The molecule has 1 aromatic carbocycles. The molecule has 0 bridgehead atoms. The third kappa shape index (κ3) is 2.07. The van der Waals surface area contributed by atoms with Gasteiger partial charge in [0.05, 0.1) is 0 Å². The summed E-state index contributed by atoms with van der Waals surface area (Å²) >= 11 is 0. The second-order valence-electron chi connectivity index (χ2n) is 3.83. The van der Waals surface area contributed by atoms with Gasteiger partial charge in [-0.15, -0.1) is 0 Å². The van der Waals surface area contributed by atoms with Gasteiger partial charge in [0.2, 0.25) is 0 Å². The molecule has 0 spiro atoms. The lowest BCUT2D eigenvalue weighted by Crippen LogP contribution is -2.03. The zero-order chi connectivity index (χ0) is 9.26. The second kappa shape index (κ2) is 3.46. The largest absolute Gasteiger partial charge is 0.330 e. The van der Waals surface area contributed by atoms with Gasteiger partial charge in [-0.1, -0.05) is 12.1 Å². The number of nitrogens with two attached hydrogens (primary N) is 1. The van der Waals surface area contributed by atoms with Crippen LogP contribution < -0.4 is 5.73 Å². The Morgan fingerprint density at radius 1 is 1.38 bits per heavy atom. The van der Waals surface area contributed by atoms with Gasteiger partial charge in [-0.3, -0.25) is 0 Å². The van der Waals surface area contributed by atoms with E-state index in [1.807, 2.05) is 6.07 Å². The van der Waals surface area contributed by atoms with Crippen molar-refractivity contribution in [2.24, 2.45) is 17.6 Å². The van der Waals surface area contributed by atoms with Crippen LogP contribution >= 0.6 is 0 Å². The summed E-state index contributed by atoms with van der Waals surface area (Å²) in [5.74, 6) is 1.25. The maximum atomic E-state index is 12.8. The van der Waals surface area contributed by atoms with E-state index in [2.05, 4.69) is 0 Å². The van der Waals surface area contributed by atoms with Gasteiger partial charge in [-0.2, -0.15) is 0 Å². The minimum Gasteiger partial charge on any atom is -0.330 e. The quantitative estimate of drug-likeness (QED) is 0.754. The van der Waals surface area contributed by atoms with Crippen LogP contribution in [0.25, 0.3) is 0 Å². The van der Waals surface area contributed by atoms with E-state index < -0.39 is 0 Å². The first-order valence-corrected chi connectivity index (χ1v) is 4.74. The van der Waals surface area contributed by atoms with Crippen LogP contribution in [0, 0.1) is 17.7 Å². The van der Waals surface area contributed by atoms with Gasteiger partial charge in [0.1, 0.15) is 5.82 Å². The maximum absolute atomic E-state index is 12.8. The summed E-state index contributed by atoms with van der Waals surface area (Å²) in [6.45, 7) is 0.778. The summed E-state index contributed by atoms with van der Waals surface area (Å²) in [7, 11) is 0. The highest BCUT2D eigenvalue weighted by molar-refractivity contribution is 5.18. The first-order valence-electron chi connectivity index (χ1n) is 4.74. The summed E-state index contributed by atoms with van der Waals surface area (Å²) in [5.41, 5.74) is 6.63. The summed E-state index contributed by atoms with van der Waals surface area (Å²) in [6, 6.07) is 6.85. The summed E-state index contributed by atoms with van der Waals surface area (Å²) in [5, 5.41) is 0. The lowest BCUT2D eigenvalue weighted by molar-refractivity contribution is 0.622. The molecule has 1 fully saturated rings. The van der Waals surface area contributed by atoms with Crippen molar-refractivity contribution in [3.8, 4) is 0 Å². The van der Waals surface area contributed by atoms with Crippen LogP contribution in [-0.2, 0) is 6.42 Å². The number of rotatable bonds is 3. The average molecular weight is 179 g/mol. The molecule has 1 aromatic rings. The smallest absolute Gasteiger partial charge is 0.123 e. The van der Waals surface area contributed by atoms with Crippen LogP contribution in [0.5, 0.6) is 0 Å². The number of halogens is 1. The van der Waals surface area contributed by atoms with Crippen molar-refractivity contribution in [2.45, 2.75) is 12.8 Å². The average Bonchev–Trinajstić information content (AvgIpc) is 2.83. The second-order valence-corrected chi connectivity index (χ2v) is 3.83. The van der Waals surface area contributed by atoms with E-state index in [0.29, 0.717) is 11.8 Å². The molecule has 2 unspecified atom stereocenters. The third-order valence-electron chi connectivity index (χ3n) is 2.76. The molecule has 2 heteroatoms. The van der Waals surface area contributed by atoms with Gasteiger partial charge in [-0.25, -0.2) is 4.39 Å². The molecule has 13 heavy (non-hydrogen) atoms. The molecule has 0 heterocycles. The molecule has 2 rings (SSSR count). The van der Waals surface area contributed by atoms with Crippen LogP contribution in [0.2, 0.25) is 0 Å². The lowest BCUT2D eigenvalue weighted by Gasteiger charge is -1.99. The van der Waals surface area contributed by atoms with E-state index in [1.165, 1.54) is 12.5 Å². The van der Waals surface area contributed by atoms with Crippen molar-refractivity contribution in [3.63, 3.8) is 0 Å². The molecule has 2 N–H and O–H groups in total. The number of benzene rings is 1. The highest BCUT2D eigenvalue weighted by Crippen LogP contribution is 2.39. The van der Waals surface area contributed by atoms with Gasteiger partial charge < -0.3 is 5.73 Å². The molecular formula is C11H14FN. The van der Waals surface area contributed by atoms with E-state index in [4.69, 9.17) is 5.73 Å². The van der Waals surface area contributed by atoms with E-state index in [1.54, 1.807) is 12.1 Å². The number of hydrogen-bond donors (Lipinski definition) is 1. The fourth-order valence-electron chi connectivity index (χ4n) is 1.82. The standard InChI is InChI=1S/C11H14FN/c12-11-3-1-2-8(5-11)4-9-6-10(9)7-13/h1-3,5,9-10H,4,6-7,13H2. The predicted molar refractivity (Wildman–Crippen MR) is 50.8 cm³/mol. The zero-order valence-corrected chi connectivity index (χ0v) is 7.54. The van der Waals surface area contributed by atoms with Crippen LogP contribution in [0.4, 0.5) is 4.39 Å². The van der Waals surface area contributed by atoms with Crippen molar-refractivity contribution >= 4 is 0 Å². The molecule has 0 radical (unpaired) electrons. The van der Waals surface area contributed by atoms with Crippen LogP contribution in [0.1, 0.15) is 12.0 Å². The van der Waals surface area contributed by atoms with Crippen LogP contribution in [-0.4, -0.2) is 6.54 Å². The Hall–Kier alpha value is -0.890. The predicted octanol–water partition coefficient (Wildman–Crippen LogP) is 1.96. The number of hydrogen-bond acceptors (Lipinski definition) is 1. The van der Waals surface area contributed by atoms with Crippen molar-refractivity contribution in [1.29, 1.82) is 0 Å². The zero-order valence-electron chi connectivity index (χ0n) is 7.54. The van der Waals surface area contributed by atoms with Gasteiger partial charge >= 0.3 is 0 Å². The van der Waals surface area contributed by atoms with Crippen LogP contribution in [0.3, 0.4) is 0 Å². The highest BCUT2D eigenvalue weighted by atomic mass is 19.1. The van der Waals surface area contributed by atoms with E-state index in [9.17, 15) is 4.39 Å². The van der Waals surface area contributed by atoms with Gasteiger partial charge in [0.25, 0.3) is 0 Å². The Bertz CT molecular complexity index is 298. The summed E-state index contributed by atoms with van der Waals surface area (Å²) < 4.78 is 12.8. The van der Waals surface area contributed by atoms with Crippen molar-refractivity contribution < 1.29 is 4.39 Å². The van der Waals surface area contributed by atoms with Crippen molar-refractivity contribution in [3.05, 3.63) is 35.6 Å². The molecule has 70 valence electrons. The van der Waals surface area contributed by atoms with Gasteiger partial charge in [0.15, 0.2) is 0 Å². The minimum atomic E-state index is -0.137. The first-order chi connectivity index (χ1) is 6.29. The monoisotopic (exact) mass is 179 g/mol. The summed E-state index contributed by atoms with van der Waals surface area (Å²) in [6.07, 6.45) is 2.20. The minimum absolute atomic E-state index is 0.137. The third-order valence-corrected chi connectivity index (χ3v) is 2.76. The SMILES string of the molecule is NCC1CC1Cc1cccc(F)c1. The van der Waals surface area contributed by atoms with Gasteiger partial charge in [0, 0.05) is 0 Å². The molecule has 1 aliphatic carbocycles. The normalized spacial score (nSPS) is 26.0. The Morgan fingerprint density at radius 3 is 2.85 bits per heavy atom. The van der Waals surface area contributed by atoms with E-state index in [0.717, 1.165) is 18.5 Å². The molecule has 0 amide bonds. The topological polar surface area (TPSA) is 26.0 Å². The first kappa shape index (κ1) is 8.70. The molecule has 0 aromatic heterocycles. The Balaban J connectivity index is 1.95.